The van der Waals surface area contributed by atoms with Gasteiger partial charge in [0, 0.05) is 49.1 Å². The summed E-state index contributed by atoms with van der Waals surface area (Å²) in [6.45, 7) is 12.5. The van der Waals surface area contributed by atoms with Gasteiger partial charge in [0.15, 0.2) is 17.3 Å². The monoisotopic (exact) mass is 781 g/mol. The van der Waals surface area contributed by atoms with Crippen molar-refractivity contribution < 1.29 is 0 Å². The number of para-hydroxylation sites is 3. The standard InChI is InChI=1S/C54H35N7/c1-33-22-26-46-41(30-33)42-31-34(2)23-27-47(42)61(46)54-57-52(35-14-6-4-7-15-35)56-53(58-54)43-32-36(55-3)24-28-48(43)60-44-20-12-10-18-38(44)39-25-29-49-50(51(39)60)40-19-11-13-21-45(40)59(49)37-16-8-5-9-17-37/h4-32H,1-2H3. The molecular formula is C54H35N7. The third kappa shape index (κ3) is 5.26. The fourth-order valence-electron chi connectivity index (χ4n) is 9.35. The molecule has 286 valence electrons. The van der Waals surface area contributed by atoms with Crippen LogP contribution in [0.15, 0.2) is 176 Å². The molecule has 0 N–H and O–H groups in total. The van der Waals surface area contributed by atoms with Crippen molar-refractivity contribution in [3.63, 3.8) is 0 Å². The molecule has 0 atom stereocenters. The molecular weight excluding hydrogens is 747 g/mol. The van der Waals surface area contributed by atoms with Crippen LogP contribution < -0.4 is 0 Å². The zero-order chi connectivity index (χ0) is 40.8. The van der Waals surface area contributed by atoms with E-state index < -0.39 is 0 Å². The Bertz CT molecular complexity index is 3730. The second kappa shape index (κ2) is 13.3. The summed E-state index contributed by atoms with van der Waals surface area (Å²) in [6.07, 6.45) is 0. The summed E-state index contributed by atoms with van der Waals surface area (Å²) in [5, 5.41) is 6.85. The van der Waals surface area contributed by atoms with Gasteiger partial charge in [0.05, 0.1) is 45.4 Å². The Labute approximate surface area is 350 Å². The van der Waals surface area contributed by atoms with Crippen LogP contribution in [0.5, 0.6) is 0 Å². The van der Waals surface area contributed by atoms with E-state index in [2.05, 4.69) is 166 Å². The number of benzene rings is 8. The average Bonchev–Trinajstić information content (AvgIpc) is 3.94. The fourth-order valence-corrected chi connectivity index (χ4v) is 9.35. The predicted molar refractivity (Wildman–Crippen MR) is 249 cm³/mol. The second-order valence-electron chi connectivity index (χ2n) is 15.7. The maximum absolute atomic E-state index is 8.20. The Morgan fingerprint density at radius 2 is 1.03 bits per heavy atom. The first-order valence-corrected chi connectivity index (χ1v) is 20.4. The average molecular weight is 782 g/mol. The van der Waals surface area contributed by atoms with Crippen LogP contribution >= 0.6 is 0 Å². The SMILES string of the molecule is [C-]#[N+]c1ccc(-n2c3ccccc3c3ccc4c(c5ccccc5n4-c4ccccc4)c32)c(-c2nc(-c3ccccc3)nc(-n3c4ccc(C)cc4c4cc(C)ccc43)n2)c1. The summed E-state index contributed by atoms with van der Waals surface area (Å²) in [4.78, 5) is 19.9. The van der Waals surface area contributed by atoms with E-state index in [-0.39, 0.29) is 0 Å². The van der Waals surface area contributed by atoms with Crippen molar-refractivity contribution in [2.75, 3.05) is 0 Å². The molecule has 4 aromatic heterocycles. The van der Waals surface area contributed by atoms with Gasteiger partial charge in [-0.25, -0.2) is 9.83 Å². The fraction of sp³-hybridized carbons (Fsp3) is 0.0370. The molecule has 12 aromatic rings. The summed E-state index contributed by atoms with van der Waals surface area (Å²) in [5.41, 5.74) is 12.8. The van der Waals surface area contributed by atoms with Gasteiger partial charge >= 0.3 is 0 Å². The van der Waals surface area contributed by atoms with E-state index in [1.807, 2.05) is 42.5 Å². The van der Waals surface area contributed by atoms with Crippen molar-refractivity contribution in [2.45, 2.75) is 13.8 Å². The third-order valence-electron chi connectivity index (χ3n) is 12.0. The molecule has 0 aliphatic rings. The van der Waals surface area contributed by atoms with E-state index in [4.69, 9.17) is 21.5 Å². The molecule has 8 aromatic carbocycles. The van der Waals surface area contributed by atoms with E-state index in [9.17, 15) is 0 Å². The van der Waals surface area contributed by atoms with Gasteiger partial charge in [0.1, 0.15) is 0 Å². The zero-order valence-electron chi connectivity index (χ0n) is 33.4. The minimum atomic E-state index is 0.475. The highest BCUT2D eigenvalue weighted by atomic mass is 15.2. The van der Waals surface area contributed by atoms with Crippen LogP contribution in [0.25, 0.3) is 110 Å². The molecule has 0 bridgehead atoms. The molecule has 0 aliphatic heterocycles. The van der Waals surface area contributed by atoms with Crippen LogP contribution in [0.3, 0.4) is 0 Å². The van der Waals surface area contributed by atoms with Crippen molar-refractivity contribution in [3.05, 3.63) is 198 Å². The number of fused-ring (bicyclic) bond motifs is 10. The van der Waals surface area contributed by atoms with Crippen molar-refractivity contribution in [1.82, 2.24) is 28.7 Å². The van der Waals surface area contributed by atoms with Crippen molar-refractivity contribution in [1.29, 1.82) is 0 Å². The summed E-state index contributed by atoms with van der Waals surface area (Å²) >= 11 is 0. The number of aryl methyl sites for hydroxylation is 2. The molecule has 0 fully saturated rings. The molecule has 0 unspecified atom stereocenters. The van der Waals surface area contributed by atoms with Crippen LogP contribution in [0.2, 0.25) is 0 Å². The van der Waals surface area contributed by atoms with Crippen LogP contribution in [0.4, 0.5) is 5.69 Å². The molecule has 7 heteroatoms. The van der Waals surface area contributed by atoms with Crippen LogP contribution in [0.1, 0.15) is 11.1 Å². The normalized spacial score (nSPS) is 11.8. The lowest BCUT2D eigenvalue weighted by Crippen LogP contribution is -2.08. The molecule has 7 nitrogen and oxygen atoms in total. The van der Waals surface area contributed by atoms with Crippen molar-refractivity contribution >= 4 is 71.1 Å². The molecule has 4 heterocycles. The van der Waals surface area contributed by atoms with Crippen LogP contribution in [0, 0.1) is 20.4 Å². The first kappa shape index (κ1) is 34.7. The van der Waals surface area contributed by atoms with Gasteiger partial charge in [0.2, 0.25) is 5.95 Å². The lowest BCUT2D eigenvalue weighted by atomic mass is 10.1. The Kier molecular flexibility index (Phi) is 7.59. The van der Waals surface area contributed by atoms with E-state index in [0.717, 1.165) is 87.9 Å². The van der Waals surface area contributed by atoms with Gasteiger partial charge in [-0.3, -0.25) is 4.57 Å². The van der Waals surface area contributed by atoms with Crippen LogP contribution in [-0.2, 0) is 0 Å². The molecule has 0 aliphatic carbocycles. The number of nitrogens with zero attached hydrogens (tertiary/aromatic N) is 7. The van der Waals surface area contributed by atoms with Crippen molar-refractivity contribution in [3.8, 4) is 40.1 Å². The topological polar surface area (TPSA) is 57.8 Å². The summed E-state index contributed by atoms with van der Waals surface area (Å²) in [5.74, 6) is 1.53. The first-order valence-electron chi connectivity index (χ1n) is 20.4. The van der Waals surface area contributed by atoms with Gasteiger partial charge in [-0.15, -0.1) is 0 Å². The maximum Gasteiger partial charge on any atom is 0.238 e. The quantitative estimate of drug-likeness (QED) is 0.163. The smallest absolute Gasteiger partial charge is 0.238 e. The predicted octanol–water partition coefficient (Wildman–Crippen LogP) is 13.7. The van der Waals surface area contributed by atoms with Gasteiger partial charge in [-0.2, -0.15) is 9.97 Å². The van der Waals surface area contributed by atoms with E-state index in [0.29, 0.717) is 23.3 Å². The molecule has 0 radical (unpaired) electrons. The minimum Gasteiger partial charge on any atom is -0.309 e. The molecule has 0 saturated carbocycles. The number of rotatable bonds is 5. The van der Waals surface area contributed by atoms with Gasteiger partial charge in [-0.05, 0) is 80.6 Å². The van der Waals surface area contributed by atoms with Gasteiger partial charge in [-0.1, -0.05) is 120 Å². The zero-order valence-corrected chi connectivity index (χ0v) is 33.4. The molecule has 61 heavy (non-hydrogen) atoms. The van der Waals surface area contributed by atoms with E-state index >= 15 is 0 Å². The van der Waals surface area contributed by atoms with Gasteiger partial charge < -0.3 is 9.13 Å². The maximum atomic E-state index is 8.20. The lowest BCUT2D eigenvalue weighted by Gasteiger charge is -2.16. The Morgan fingerprint density at radius 3 is 1.74 bits per heavy atom. The number of hydrogen-bond donors (Lipinski definition) is 0. The van der Waals surface area contributed by atoms with E-state index in [1.54, 1.807) is 0 Å². The highest BCUT2D eigenvalue weighted by Crippen LogP contribution is 2.44. The third-order valence-corrected chi connectivity index (χ3v) is 12.0. The Morgan fingerprint density at radius 1 is 0.443 bits per heavy atom. The highest BCUT2D eigenvalue weighted by Gasteiger charge is 2.25. The summed E-state index contributed by atoms with van der Waals surface area (Å²) in [6, 6.07) is 61.3. The number of aromatic nitrogens is 6. The lowest BCUT2D eigenvalue weighted by molar-refractivity contribution is 0.951. The van der Waals surface area contributed by atoms with Crippen molar-refractivity contribution in [2.24, 2.45) is 0 Å². The minimum absolute atomic E-state index is 0.475. The molecule has 0 saturated heterocycles. The molecule has 0 spiro atoms. The second-order valence-corrected chi connectivity index (χ2v) is 15.7. The summed E-state index contributed by atoms with van der Waals surface area (Å²) in [7, 11) is 0. The largest absolute Gasteiger partial charge is 0.309 e. The Balaban J connectivity index is 1.21. The molecule has 12 rings (SSSR count). The van der Waals surface area contributed by atoms with Crippen LogP contribution in [-0.4, -0.2) is 28.7 Å². The van der Waals surface area contributed by atoms with Gasteiger partial charge in [0.25, 0.3) is 0 Å². The Hall–Kier alpha value is -8.34. The van der Waals surface area contributed by atoms with E-state index in [1.165, 1.54) is 11.1 Å². The summed E-state index contributed by atoms with van der Waals surface area (Å²) < 4.78 is 6.87. The molecule has 0 amide bonds. The number of hydrogen-bond acceptors (Lipinski definition) is 3. The first-order chi connectivity index (χ1) is 30.0. The highest BCUT2D eigenvalue weighted by molar-refractivity contribution is 6.26.